The van der Waals surface area contributed by atoms with Crippen molar-refractivity contribution < 1.29 is 27.8 Å². The summed E-state index contributed by atoms with van der Waals surface area (Å²) in [6, 6.07) is 0. The quantitative estimate of drug-likeness (QED) is 0.700. The maximum atomic E-state index is 11.9. The highest BCUT2D eigenvalue weighted by atomic mass is 19.4. The summed E-state index contributed by atoms with van der Waals surface area (Å²) in [6.45, 7) is 1.40. The summed E-state index contributed by atoms with van der Waals surface area (Å²) in [5.74, 6) is -0.390. The van der Waals surface area contributed by atoms with Crippen LogP contribution in [0.4, 0.5) is 13.2 Å². The third-order valence-corrected chi connectivity index (χ3v) is 3.40. The van der Waals surface area contributed by atoms with Crippen LogP contribution in [-0.4, -0.2) is 55.0 Å². The number of hydrogen-bond acceptors (Lipinski definition) is 3. The molecule has 20 heavy (non-hydrogen) atoms. The molecule has 0 radical (unpaired) electrons. The van der Waals surface area contributed by atoms with Gasteiger partial charge in [-0.3, -0.25) is 4.79 Å². The lowest BCUT2D eigenvalue weighted by atomic mass is 9.93. The van der Waals surface area contributed by atoms with Crippen LogP contribution in [0.5, 0.6) is 0 Å². The van der Waals surface area contributed by atoms with E-state index in [1.54, 1.807) is 0 Å². The molecule has 4 nitrogen and oxygen atoms in total. The number of likely N-dealkylation sites (tertiary alicyclic amines) is 1. The predicted octanol–water partition coefficient (Wildman–Crippen LogP) is 2.53. The predicted molar refractivity (Wildman–Crippen MR) is 67.5 cm³/mol. The topological polar surface area (TPSA) is 49.8 Å². The standard InChI is InChI=1S/C13H22F3NO3/c14-13(15,16)10-20-8-2-7-17-6-1-3-11(9-17)4-5-12(18)19/h11H,1-10H2,(H,18,19). The number of rotatable bonds is 8. The van der Waals surface area contributed by atoms with E-state index < -0.39 is 18.8 Å². The third kappa shape index (κ3) is 8.37. The first-order chi connectivity index (χ1) is 9.37. The Balaban J connectivity index is 2.09. The van der Waals surface area contributed by atoms with Crippen LogP contribution in [0.2, 0.25) is 0 Å². The number of hydrogen-bond donors (Lipinski definition) is 1. The SMILES string of the molecule is O=C(O)CCC1CCCN(CCCOCC(F)(F)F)C1. The van der Waals surface area contributed by atoms with Gasteiger partial charge in [-0.2, -0.15) is 13.2 Å². The minimum atomic E-state index is -4.26. The largest absolute Gasteiger partial charge is 0.481 e. The molecule has 1 atom stereocenters. The third-order valence-electron chi connectivity index (χ3n) is 3.40. The van der Waals surface area contributed by atoms with Crippen LogP contribution >= 0.6 is 0 Å². The molecule has 1 rings (SSSR count). The van der Waals surface area contributed by atoms with Crippen LogP contribution in [0.3, 0.4) is 0 Å². The maximum Gasteiger partial charge on any atom is 0.411 e. The Kier molecular flexibility index (Phi) is 7.29. The molecule has 0 saturated carbocycles. The second-order valence-corrected chi connectivity index (χ2v) is 5.26. The molecule has 7 heteroatoms. The highest BCUT2D eigenvalue weighted by Gasteiger charge is 2.27. The molecule has 1 aliphatic heterocycles. The molecule has 1 aliphatic rings. The molecule has 0 aromatic heterocycles. The van der Waals surface area contributed by atoms with Gasteiger partial charge in [-0.05, 0) is 38.1 Å². The average molecular weight is 297 g/mol. The van der Waals surface area contributed by atoms with Crippen molar-refractivity contribution in [2.75, 3.05) is 32.8 Å². The van der Waals surface area contributed by atoms with Crippen molar-refractivity contribution in [3.05, 3.63) is 0 Å². The Morgan fingerprint density at radius 2 is 2.15 bits per heavy atom. The fourth-order valence-electron chi connectivity index (χ4n) is 2.50. The fourth-order valence-corrected chi connectivity index (χ4v) is 2.50. The van der Waals surface area contributed by atoms with Crippen LogP contribution in [-0.2, 0) is 9.53 Å². The van der Waals surface area contributed by atoms with Gasteiger partial charge in [0.15, 0.2) is 0 Å². The van der Waals surface area contributed by atoms with Crippen LogP contribution in [0.15, 0.2) is 0 Å². The fraction of sp³-hybridized carbons (Fsp3) is 0.923. The molecule has 1 unspecified atom stereocenters. The number of ether oxygens (including phenoxy) is 1. The number of alkyl halides is 3. The molecule has 1 heterocycles. The van der Waals surface area contributed by atoms with E-state index in [0.717, 1.165) is 25.9 Å². The van der Waals surface area contributed by atoms with Gasteiger partial charge in [0.2, 0.25) is 0 Å². The summed E-state index contributed by atoms with van der Waals surface area (Å²) < 4.78 is 40.1. The zero-order valence-corrected chi connectivity index (χ0v) is 11.5. The number of carboxylic acid groups (broad SMARTS) is 1. The second kappa shape index (κ2) is 8.46. The Bertz CT molecular complexity index is 297. The molecule has 1 fully saturated rings. The zero-order chi connectivity index (χ0) is 15.0. The maximum absolute atomic E-state index is 11.9. The first kappa shape index (κ1) is 17.2. The van der Waals surface area contributed by atoms with Gasteiger partial charge in [-0.15, -0.1) is 0 Å². The summed E-state index contributed by atoms with van der Waals surface area (Å²) in [5.41, 5.74) is 0. The molecule has 0 aliphatic carbocycles. The normalized spacial score (nSPS) is 21.1. The minimum Gasteiger partial charge on any atom is -0.481 e. The molecular formula is C13H22F3NO3. The van der Waals surface area contributed by atoms with E-state index in [2.05, 4.69) is 9.64 Å². The summed E-state index contributed by atoms with van der Waals surface area (Å²) in [4.78, 5) is 12.7. The van der Waals surface area contributed by atoms with Crippen LogP contribution in [0.25, 0.3) is 0 Å². The number of piperidine rings is 1. The molecule has 0 aromatic carbocycles. The van der Waals surface area contributed by atoms with Crippen molar-refractivity contribution in [3.8, 4) is 0 Å². The van der Waals surface area contributed by atoms with Crippen molar-refractivity contribution in [1.29, 1.82) is 0 Å². The smallest absolute Gasteiger partial charge is 0.411 e. The number of carbonyl (C=O) groups is 1. The number of aliphatic carboxylic acids is 1. The number of carboxylic acids is 1. The van der Waals surface area contributed by atoms with Crippen LogP contribution in [0.1, 0.15) is 32.1 Å². The Labute approximate surface area is 116 Å². The van der Waals surface area contributed by atoms with Crippen molar-refractivity contribution in [2.45, 2.75) is 38.3 Å². The van der Waals surface area contributed by atoms with Crippen molar-refractivity contribution >= 4 is 5.97 Å². The van der Waals surface area contributed by atoms with Crippen LogP contribution in [0, 0.1) is 5.92 Å². The molecular weight excluding hydrogens is 275 g/mol. The van der Waals surface area contributed by atoms with E-state index in [4.69, 9.17) is 5.11 Å². The lowest BCUT2D eigenvalue weighted by Gasteiger charge is -2.32. The van der Waals surface area contributed by atoms with Crippen molar-refractivity contribution in [2.24, 2.45) is 5.92 Å². The Morgan fingerprint density at radius 3 is 2.80 bits per heavy atom. The van der Waals surface area contributed by atoms with Gasteiger partial charge in [-0.25, -0.2) is 0 Å². The Hall–Kier alpha value is -0.820. The lowest BCUT2D eigenvalue weighted by molar-refractivity contribution is -0.174. The molecule has 118 valence electrons. The van der Waals surface area contributed by atoms with Gasteiger partial charge < -0.3 is 14.7 Å². The van der Waals surface area contributed by atoms with E-state index in [1.165, 1.54) is 0 Å². The van der Waals surface area contributed by atoms with Crippen molar-refractivity contribution in [3.63, 3.8) is 0 Å². The summed E-state index contributed by atoms with van der Waals surface area (Å²) in [7, 11) is 0. The van der Waals surface area contributed by atoms with Gasteiger partial charge in [-0.1, -0.05) is 0 Å². The molecule has 0 bridgehead atoms. The molecule has 1 N–H and O–H groups in total. The second-order valence-electron chi connectivity index (χ2n) is 5.26. The molecule has 0 amide bonds. The van der Waals surface area contributed by atoms with E-state index in [0.29, 0.717) is 25.3 Å². The monoisotopic (exact) mass is 297 g/mol. The van der Waals surface area contributed by atoms with Gasteiger partial charge in [0.1, 0.15) is 6.61 Å². The first-order valence-electron chi connectivity index (χ1n) is 6.95. The molecule has 0 spiro atoms. The van der Waals surface area contributed by atoms with Crippen molar-refractivity contribution in [1.82, 2.24) is 4.90 Å². The first-order valence-corrected chi connectivity index (χ1v) is 6.95. The van der Waals surface area contributed by atoms with Gasteiger partial charge in [0, 0.05) is 26.1 Å². The van der Waals surface area contributed by atoms with E-state index in [9.17, 15) is 18.0 Å². The number of nitrogens with zero attached hydrogens (tertiary/aromatic N) is 1. The van der Waals surface area contributed by atoms with E-state index in [-0.39, 0.29) is 13.0 Å². The summed E-state index contributed by atoms with van der Waals surface area (Å²) in [5, 5.41) is 8.65. The highest BCUT2D eigenvalue weighted by molar-refractivity contribution is 5.66. The average Bonchev–Trinajstić information content (AvgIpc) is 2.35. The summed E-state index contributed by atoms with van der Waals surface area (Å²) >= 11 is 0. The molecule has 1 saturated heterocycles. The molecule has 0 aromatic rings. The highest BCUT2D eigenvalue weighted by Crippen LogP contribution is 2.21. The van der Waals surface area contributed by atoms with Gasteiger partial charge in [0.05, 0.1) is 0 Å². The van der Waals surface area contributed by atoms with Gasteiger partial charge in [0.25, 0.3) is 0 Å². The number of halogens is 3. The van der Waals surface area contributed by atoms with Gasteiger partial charge >= 0.3 is 12.1 Å². The van der Waals surface area contributed by atoms with E-state index >= 15 is 0 Å². The minimum absolute atomic E-state index is 0.107. The lowest BCUT2D eigenvalue weighted by Crippen LogP contribution is -2.36. The van der Waals surface area contributed by atoms with Crippen LogP contribution < -0.4 is 0 Å². The zero-order valence-electron chi connectivity index (χ0n) is 11.5. The van der Waals surface area contributed by atoms with E-state index in [1.807, 2.05) is 0 Å². The summed E-state index contributed by atoms with van der Waals surface area (Å²) in [6.07, 6.45) is -0.763. The Morgan fingerprint density at radius 1 is 1.40 bits per heavy atom.